The molecule has 1 unspecified atom stereocenters. The van der Waals surface area contributed by atoms with Gasteiger partial charge in [-0.25, -0.2) is 6.08 Å². The molecule has 5 heteroatoms. The first kappa shape index (κ1) is 34.4. The molecule has 0 fully saturated rings. The maximum absolute atomic E-state index is 6.63. The van der Waals surface area contributed by atoms with Gasteiger partial charge < -0.3 is 28.1 Å². The smallest absolute Gasteiger partial charge is 0.691 e. The van der Waals surface area contributed by atoms with Gasteiger partial charge in [0.15, 0.2) is 8.32 Å². The number of unbranched alkanes of at least 4 members (excludes halogenated alkanes) is 1. The standard InChI is InChI=1S/C19H31OSi.C6H9O.Cu.Li/c1-7-18(20-21(5,6)19(2,3)4)16-12-11-15-17-13-9-8-10-14-17;1-5-6(2,3)7-4;;/h1,7-10,13-14,18H,11-12,15-16H2,2-6H3;2-4H3;;/q2*-1;2*+1. The third kappa shape index (κ3) is 14.7. The van der Waals surface area contributed by atoms with Crippen LogP contribution in [0.3, 0.4) is 0 Å². The Morgan fingerprint density at radius 3 is 2.00 bits per heavy atom. The van der Waals surface area contributed by atoms with Gasteiger partial charge in [0.05, 0.1) is 5.60 Å². The minimum atomic E-state index is -1.72. The van der Waals surface area contributed by atoms with E-state index in [0.29, 0.717) is 0 Å². The number of hydrogen-bond donors (Lipinski definition) is 0. The fourth-order valence-corrected chi connectivity index (χ4v) is 3.43. The van der Waals surface area contributed by atoms with Crippen molar-refractivity contribution < 1.29 is 45.1 Å². The summed E-state index contributed by atoms with van der Waals surface area (Å²) >= 11 is 0. The van der Waals surface area contributed by atoms with E-state index in [2.05, 4.69) is 70.1 Å². The summed E-state index contributed by atoms with van der Waals surface area (Å²) in [6, 6.07) is 10.7. The molecule has 168 valence electrons. The minimum Gasteiger partial charge on any atom is -0.691 e. The van der Waals surface area contributed by atoms with E-state index in [4.69, 9.17) is 22.2 Å². The maximum Gasteiger partial charge on any atom is 1.00 e. The molecule has 1 aromatic rings. The van der Waals surface area contributed by atoms with Gasteiger partial charge in [0.25, 0.3) is 0 Å². The number of benzene rings is 1. The first-order valence-corrected chi connectivity index (χ1v) is 13.0. The summed E-state index contributed by atoms with van der Waals surface area (Å²) in [5.74, 6) is 2.22. The van der Waals surface area contributed by atoms with E-state index in [-0.39, 0.29) is 47.1 Å². The summed E-state index contributed by atoms with van der Waals surface area (Å²) in [6.45, 7) is 20.7. The number of rotatable bonds is 9. The van der Waals surface area contributed by atoms with Crippen LogP contribution in [0.2, 0.25) is 18.1 Å². The Kier molecular flexibility index (Phi) is 18.8. The zero-order valence-corrected chi connectivity index (χ0v) is 22.5. The van der Waals surface area contributed by atoms with E-state index in [1.165, 1.54) is 12.0 Å². The Morgan fingerprint density at radius 1 is 1.10 bits per heavy atom. The fourth-order valence-electron chi connectivity index (χ4n) is 2.12. The molecule has 0 amide bonds. The van der Waals surface area contributed by atoms with Gasteiger partial charge in [0, 0.05) is 13.2 Å². The molecule has 0 radical (unpaired) electrons. The van der Waals surface area contributed by atoms with Crippen molar-refractivity contribution in [2.75, 3.05) is 7.11 Å². The Hall–Kier alpha value is -0.226. The van der Waals surface area contributed by atoms with E-state index in [0.717, 1.165) is 19.3 Å². The van der Waals surface area contributed by atoms with Crippen molar-refractivity contribution in [3.63, 3.8) is 0 Å². The zero-order valence-electron chi connectivity index (χ0n) is 20.6. The molecule has 30 heavy (non-hydrogen) atoms. The summed E-state index contributed by atoms with van der Waals surface area (Å²) < 4.78 is 11.2. The van der Waals surface area contributed by atoms with Gasteiger partial charge in [-0.1, -0.05) is 57.5 Å². The first-order chi connectivity index (χ1) is 12.9. The summed E-state index contributed by atoms with van der Waals surface area (Å²) in [5, 5.41) is 0.234. The Morgan fingerprint density at radius 2 is 1.63 bits per heavy atom. The van der Waals surface area contributed by atoms with Crippen LogP contribution in [0, 0.1) is 18.9 Å². The van der Waals surface area contributed by atoms with E-state index < -0.39 is 13.9 Å². The van der Waals surface area contributed by atoms with E-state index >= 15 is 0 Å². The predicted molar refractivity (Wildman–Crippen MR) is 123 cm³/mol. The Labute approximate surface area is 210 Å². The fraction of sp³-hybridized carbons (Fsp3) is 0.600. The SMILES string of the molecule is [C-]#CC(C)(C)OC.[CH-]=CC(CCCCc1ccccc1)O[Si](C)(C)C(C)(C)C.[Cu+].[Li+]. The van der Waals surface area contributed by atoms with Crippen molar-refractivity contribution in [2.24, 2.45) is 0 Å². The van der Waals surface area contributed by atoms with Crippen LogP contribution in [0.4, 0.5) is 0 Å². The number of hydrogen-bond acceptors (Lipinski definition) is 2. The van der Waals surface area contributed by atoms with Crippen LogP contribution >= 0.6 is 0 Å². The third-order valence-electron chi connectivity index (χ3n) is 5.33. The summed E-state index contributed by atoms with van der Waals surface area (Å²) in [6.07, 6.45) is 13.0. The molecule has 0 saturated heterocycles. The van der Waals surface area contributed by atoms with Gasteiger partial charge in [0.2, 0.25) is 0 Å². The van der Waals surface area contributed by atoms with E-state index in [1.807, 2.05) is 0 Å². The van der Waals surface area contributed by atoms with Crippen LogP contribution < -0.4 is 18.9 Å². The van der Waals surface area contributed by atoms with E-state index in [9.17, 15) is 0 Å². The second kappa shape index (κ2) is 16.4. The molecule has 1 atom stereocenters. The molecule has 0 spiro atoms. The van der Waals surface area contributed by atoms with Crippen molar-refractivity contribution in [3.05, 3.63) is 55.0 Å². The summed E-state index contributed by atoms with van der Waals surface area (Å²) in [5.41, 5.74) is 0.913. The largest absolute Gasteiger partial charge is 1.00 e. The van der Waals surface area contributed by atoms with Gasteiger partial charge >= 0.3 is 35.9 Å². The molecular weight excluding hydrogens is 431 g/mol. The van der Waals surface area contributed by atoms with Crippen molar-refractivity contribution in [1.29, 1.82) is 0 Å². The molecule has 0 bridgehead atoms. The first-order valence-electron chi connectivity index (χ1n) is 10.1. The molecule has 1 rings (SSSR count). The molecule has 0 heterocycles. The number of methoxy groups -OCH3 is 1. The van der Waals surface area contributed by atoms with Crippen LogP contribution in [0.5, 0.6) is 0 Å². The van der Waals surface area contributed by atoms with Crippen LogP contribution in [-0.4, -0.2) is 27.1 Å². The Balaban J connectivity index is -0.000000700. The molecule has 0 aliphatic heterocycles. The minimum absolute atomic E-state index is 0. The molecule has 0 saturated carbocycles. The zero-order chi connectivity index (χ0) is 21.8. The molecule has 1 aromatic carbocycles. The molecule has 0 aromatic heterocycles. The monoisotopic (exact) mass is 470 g/mol. The third-order valence-corrected chi connectivity index (χ3v) is 9.83. The van der Waals surface area contributed by atoms with Crippen LogP contribution in [0.1, 0.15) is 59.4 Å². The Bertz CT molecular complexity index is 604. The average molecular weight is 471 g/mol. The van der Waals surface area contributed by atoms with Gasteiger partial charge in [-0.3, -0.25) is 0 Å². The molecule has 0 aliphatic carbocycles. The second-order valence-corrected chi connectivity index (χ2v) is 13.9. The molecule has 2 nitrogen and oxygen atoms in total. The van der Waals surface area contributed by atoms with Crippen molar-refractivity contribution in [2.45, 2.75) is 90.1 Å². The normalized spacial score (nSPS) is 12.2. The maximum atomic E-state index is 6.63. The topological polar surface area (TPSA) is 18.5 Å². The second-order valence-electron chi connectivity index (χ2n) is 9.18. The molecule has 0 aliphatic rings. The van der Waals surface area contributed by atoms with Gasteiger partial charge in [0.1, 0.15) is 0 Å². The van der Waals surface area contributed by atoms with Crippen LogP contribution in [0.25, 0.3) is 0 Å². The molecular formula is C25H40CuLiO2Si. The number of aryl methyl sites for hydroxylation is 1. The van der Waals surface area contributed by atoms with E-state index in [1.54, 1.807) is 27.0 Å². The quantitative estimate of drug-likeness (QED) is 0.236. The van der Waals surface area contributed by atoms with Crippen LogP contribution in [0.15, 0.2) is 36.4 Å². The average Bonchev–Trinajstić information content (AvgIpc) is 2.64. The van der Waals surface area contributed by atoms with Gasteiger partial charge in [-0.2, -0.15) is 0 Å². The summed E-state index contributed by atoms with van der Waals surface area (Å²) in [7, 11) is -0.167. The summed E-state index contributed by atoms with van der Waals surface area (Å²) in [4.78, 5) is 0. The van der Waals surface area contributed by atoms with Crippen molar-refractivity contribution in [1.82, 2.24) is 0 Å². The number of ether oxygens (including phenoxy) is 1. The molecule has 0 N–H and O–H groups in total. The van der Waals surface area contributed by atoms with Crippen molar-refractivity contribution >= 4 is 8.32 Å². The van der Waals surface area contributed by atoms with Gasteiger partial charge in [-0.05, 0) is 56.8 Å². The van der Waals surface area contributed by atoms with Crippen LogP contribution in [-0.2, 0) is 32.7 Å². The predicted octanol–water partition coefficient (Wildman–Crippen LogP) is 3.78. The van der Waals surface area contributed by atoms with Gasteiger partial charge in [-0.15, -0.1) is 0 Å². The van der Waals surface area contributed by atoms with Crippen molar-refractivity contribution in [3.8, 4) is 5.92 Å².